The summed E-state index contributed by atoms with van der Waals surface area (Å²) >= 11 is 6.02. The summed E-state index contributed by atoms with van der Waals surface area (Å²) in [5.41, 5.74) is 0.473. The van der Waals surface area contributed by atoms with E-state index in [1.165, 1.54) is 27.2 Å². The van der Waals surface area contributed by atoms with Crippen LogP contribution >= 0.6 is 11.6 Å². The highest BCUT2D eigenvalue weighted by Gasteiger charge is 2.52. The van der Waals surface area contributed by atoms with Crippen LogP contribution in [-0.2, 0) is 19.1 Å². The summed E-state index contributed by atoms with van der Waals surface area (Å²) < 4.78 is 10.7. The van der Waals surface area contributed by atoms with Crippen LogP contribution in [0.4, 0.5) is 0 Å². The van der Waals surface area contributed by atoms with E-state index in [-0.39, 0.29) is 16.4 Å². The number of hydrogen-bond acceptors (Lipinski definition) is 5. The molecule has 0 fully saturated rings. The van der Waals surface area contributed by atoms with Gasteiger partial charge in [0.25, 0.3) is 0 Å². The first-order valence-electron chi connectivity index (χ1n) is 5.27. The minimum atomic E-state index is -1.43. The van der Waals surface area contributed by atoms with Gasteiger partial charge in [-0.25, -0.2) is 0 Å². The molecule has 0 N–H and O–H groups in total. The Morgan fingerprint density at radius 2 is 1.83 bits per heavy atom. The van der Waals surface area contributed by atoms with E-state index >= 15 is 0 Å². The number of hydrogen-bond donors (Lipinski definition) is 0. The average Bonchev–Trinajstić information content (AvgIpc) is 2.50. The van der Waals surface area contributed by atoms with Gasteiger partial charge in [-0.05, 0) is 13.0 Å². The number of carbonyl (C=O) groups excluding carboxylic acids is 2. The average molecular weight is 274 g/mol. The van der Waals surface area contributed by atoms with Crippen molar-refractivity contribution in [3.63, 3.8) is 0 Å². The number of Topliss-reactive ketones (excluding diaryl/α,β-unsaturated/α-hetero) is 1. The van der Waals surface area contributed by atoms with Crippen LogP contribution in [0.3, 0.4) is 0 Å². The molecular weight excluding hydrogens is 258 g/mol. The summed E-state index contributed by atoms with van der Waals surface area (Å²) in [4.78, 5) is 25.0. The third-order valence-corrected chi connectivity index (χ3v) is 3.04. The number of rotatable bonds is 4. The molecule has 0 aliphatic heterocycles. The maximum atomic E-state index is 12.1. The van der Waals surface area contributed by atoms with Crippen LogP contribution < -0.4 is 0 Å². The molecule has 0 saturated carbocycles. The number of ether oxygens (including phenoxy) is 2. The second kappa shape index (κ2) is 5.22. The molecule has 18 heavy (non-hydrogen) atoms. The number of methoxy groups -OCH3 is 2. The Kier molecular flexibility index (Phi) is 4.32. The quantitative estimate of drug-likeness (QED) is 0.567. The van der Waals surface area contributed by atoms with Gasteiger partial charge in [0.05, 0.1) is 5.57 Å². The fraction of sp³-hybridized carbons (Fsp3) is 0.500. The number of nitrogens with zero attached hydrogens (tertiary/aromatic N) is 1. The van der Waals surface area contributed by atoms with Crippen molar-refractivity contribution in [2.75, 3.05) is 28.3 Å². The molecule has 1 rings (SSSR count). The molecule has 0 spiro atoms. The van der Waals surface area contributed by atoms with Crippen molar-refractivity contribution in [3.05, 3.63) is 22.4 Å². The normalized spacial score (nSPS) is 20.8. The third-order valence-electron chi connectivity index (χ3n) is 2.69. The Morgan fingerprint density at radius 1 is 1.33 bits per heavy atom. The summed E-state index contributed by atoms with van der Waals surface area (Å²) in [7, 11) is 6.22. The predicted octanol–water partition coefficient (Wildman–Crippen LogP) is 1.09. The SMILES string of the molecule is COC1(OC)C(N(C)C)=C(Cl)C(=O)/C1=C/C(C)=O. The van der Waals surface area contributed by atoms with Gasteiger partial charge in [0, 0.05) is 28.3 Å². The molecule has 0 bridgehead atoms. The molecule has 0 atom stereocenters. The van der Waals surface area contributed by atoms with Gasteiger partial charge >= 0.3 is 0 Å². The minimum absolute atomic E-state index is 0.00352. The van der Waals surface area contributed by atoms with E-state index in [9.17, 15) is 9.59 Å². The topological polar surface area (TPSA) is 55.8 Å². The Hall–Kier alpha value is -1.17. The number of carbonyl (C=O) groups is 2. The minimum Gasteiger partial charge on any atom is -0.375 e. The monoisotopic (exact) mass is 273 g/mol. The lowest BCUT2D eigenvalue weighted by atomic mass is 10.0. The molecule has 0 radical (unpaired) electrons. The van der Waals surface area contributed by atoms with Crippen molar-refractivity contribution in [2.45, 2.75) is 12.7 Å². The molecule has 6 heteroatoms. The number of halogens is 1. The van der Waals surface area contributed by atoms with Gasteiger partial charge in [-0.3, -0.25) is 9.59 Å². The Morgan fingerprint density at radius 3 is 2.17 bits per heavy atom. The van der Waals surface area contributed by atoms with Gasteiger partial charge in [0.1, 0.15) is 10.7 Å². The third kappa shape index (κ3) is 2.09. The van der Waals surface area contributed by atoms with Crippen molar-refractivity contribution in [3.8, 4) is 0 Å². The van der Waals surface area contributed by atoms with E-state index < -0.39 is 11.6 Å². The molecular formula is C12H16ClNO4. The van der Waals surface area contributed by atoms with Crippen molar-refractivity contribution in [1.82, 2.24) is 4.90 Å². The molecule has 0 amide bonds. The summed E-state index contributed by atoms with van der Waals surface area (Å²) in [5, 5.41) is -0.00352. The Labute approximate surface area is 111 Å². The number of ketones is 2. The molecule has 0 saturated heterocycles. The molecule has 1 aliphatic rings. The summed E-state index contributed by atoms with van der Waals surface area (Å²) in [5.74, 6) is -2.16. The molecule has 0 unspecified atom stereocenters. The fourth-order valence-electron chi connectivity index (χ4n) is 2.00. The molecule has 0 aromatic heterocycles. The summed E-state index contributed by atoms with van der Waals surface area (Å²) in [6, 6.07) is 0. The zero-order chi connectivity index (χ0) is 14.1. The lowest BCUT2D eigenvalue weighted by Gasteiger charge is -2.33. The molecule has 0 aromatic carbocycles. The van der Waals surface area contributed by atoms with E-state index in [0.29, 0.717) is 5.70 Å². The number of likely N-dealkylation sites (N-methyl/N-ethyl adjacent to an activating group) is 1. The van der Waals surface area contributed by atoms with Crippen LogP contribution in [-0.4, -0.2) is 50.6 Å². The Balaban J connectivity index is 3.53. The van der Waals surface area contributed by atoms with Gasteiger partial charge in [-0.15, -0.1) is 0 Å². The van der Waals surface area contributed by atoms with Crippen molar-refractivity contribution in [2.24, 2.45) is 0 Å². The van der Waals surface area contributed by atoms with E-state index in [1.807, 2.05) is 0 Å². The highest BCUT2D eigenvalue weighted by atomic mass is 35.5. The van der Waals surface area contributed by atoms with Crippen LogP contribution in [0.5, 0.6) is 0 Å². The maximum absolute atomic E-state index is 12.1. The zero-order valence-electron chi connectivity index (χ0n) is 11.0. The molecule has 1 aliphatic carbocycles. The highest BCUT2D eigenvalue weighted by Crippen LogP contribution is 2.43. The van der Waals surface area contributed by atoms with Crippen LogP contribution in [0.1, 0.15) is 6.92 Å². The van der Waals surface area contributed by atoms with Crippen LogP contribution in [0, 0.1) is 0 Å². The first kappa shape index (κ1) is 14.9. The first-order valence-corrected chi connectivity index (χ1v) is 5.65. The maximum Gasteiger partial charge on any atom is 0.242 e. The van der Waals surface area contributed by atoms with Gasteiger partial charge in [0.2, 0.25) is 11.6 Å². The van der Waals surface area contributed by atoms with Gasteiger partial charge in [-0.1, -0.05) is 11.6 Å². The van der Waals surface area contributed by atoms with Crippen LogP contribution in [0.2, 0.25) is 0 Å². The predicted molar refractivity (Wildman–Crippen MR) is 67.1 cm³/mol. The highest BCUT2D eigenvalue weighted by molar-refractivity contribution is 6.47. The number of allylic oxidation sites excluding steroid dienone is 2. The largest absolute Gasteiger partial charge is 0.375 e. The fourth-order valence-corrected chi connectivity index (χ4v) is 2.39. The van der Waals surface area contributed by atoms with Crippen LogP contribution in [0.25, 0.3) is 0 Å². The lowest BCUT2D eigenvalue weighted by molar-refractivity contribution is -0.160. The Bertz CT molecular complexity index is 447. The lowest BCUT2D eigenvalue weighted by Crippen LogP contribution is -2.41. The molecule has 5 nitrogen and oxygen atoms in total. The molecule has 0 aromatic rings. The zero-order valence-corrected chi connectivity index (χ0v) is 11.8. The second-order valence-corrected chi connectivity index (χ2v) is 4.46. The van der Waals surface area contributed by atoms with Gasteiger partial charge in [-0.2, -0.15) is 0 Å². The van der Waals surface area contributed by atoms with Crippen LogP contribution in [0.15, 0.2) is 22.4 Å². The van der Waals surface area contributed by atoms with Gasteiger partial charge < -0.3 is 14.4 Å². The van der Waals surface area contributed by atoms with Crippen molar-refractivity contribution >= 4 is 23.2 Å². The van der Waals surface area contributed by atoms with E-state index in [1.54, 1.807) is 19.0 Å². The van der Waals surface area contributed by atoms with E-state index in [2.05, 4.69) is 0 Å². The summed E-state index contributed by atoms with van der Waals surface area (Å²) in [6.45, 7) is 1.35. The van der Waals surface area contributed by atoms with Crippen molar-refractivity contribution in [1.29, 1.82) is 0 Å². The van der Waals surface area contributed by atoms with E-state index in [4.69, 9.17) is 21.1 Å². The standard InChI is InChI=1S/C12H16ClNO4/c1-7(15)6-8-10(16)9(13)11(14(2)3)12(8,17-4)18-5/h6H,1-5H3/b8-6-. The van der Waals surface area contributed by atoms with E-state index in [0.717, 1.165) is 0 Å². The first-order chi connectivity index (χ1) is 8.31. The second-order valence-electron chi connectivity index (χ2n) is 4.08. The smallest absolute Gasteiger partial charge is 0.242 e. The summed E-state index contributed by atoms with van der Waals surface area (Å²) in [6.07, 6.45) is 1.19. The molecule has 0 heterocycles. The molecule has 100 valence electrons. The van der Waals surface area contributed by atoms with Gasteiger partial charge in [0.15, 0.2) is 5.78 Å². The van der Waals surface area contributed by atoms with Crippen molar-refractivity contribution < 1.29 is 19.1 Å².